The molecule has 0 N–H and O–H groups in total. The van der Waals surface area contributed by atoms with Gasteiger partial charge in [-0.1, -0.05) is 0 Å². The summed E-state index contributed by atoms with van der Waals surface area (Å²) in [6.07, 6.45) is 0. The predicted octanol–water partition coefficient (Wildman–Crippen LogP) is 1.52. The van der Waals surface area contributed by atoms with Crippen LogP contribution in [0, 0.1) is 10.1 Å². The van der Waals surface area contributed by atoms with Crippen LogP contribution in [-0.2, 0) is 0 Å². The lowest BCUT2D eigenvalue weighted by Crippen LogP contribution is -1.91. The van der Waals surface area contributed by atoms with Gasteiger partial charge in [-0.3, -0.25) is 10.1 Å². The maximum absolute atomic E-state index is 10.1. The van der Waals surface area contributed by atoms with Gasteiger partial charge in [0.25, 0.3) is 5.69 Å². The molecule has 0 aliphatic heterocycles. The molecular formula is C6H7ClNO2P. The fraction of sp³-hybridized carbons (Fsp3) is 0. The summed E-state index contributed by atoms with van der Waals surface area (Å²) in [5, 5.41) is 11.1. The smallest absolute Gasteiger partial charge is 0.258 e. The molecule has 0 heterocycles. The summed E-state index contributed by atoms with van der Waals surface area (Å²) in [7, 11) is 2.46. The molecule has 0 saturated heterocycles. The van der Waals surface area contributed by atoms with Crippen molar-refractivity contribution in [3.8, 4) is 0 Å². The average molecular weight is 192 g/mol. The number of rotatable bonds is 1. The lowest BCUT2D eigenvalue weighted by molar-refractivity contribution is -0.384. The highest BCUT2D eigenvalue weighted by molar-refractivity contribution is 7.27. The third-order valence-corrected chi connectivity index (χ3v) is 1.49. The van der Waals surface area contributed by atoms with Crippen LogP contribution < -0.4 is 5.30 Å². The fourth-order valence-electron chi connectivity index (χ4n) is 0.596. The van der Waals surface area contributed by atoms with E-state index >= 15 is 0 Å². The van der Waals surface area contributed by atoms with Gasteiger partial charge in [0, 0.05) is 12.1 Å². The highest BCUT2D eigenvalue weighted by Crippen LogP contribution is 2.07. The molecule has 0 fully saturated rings. The van der Waals surface area contributed by atoms with Crippen LogP contribution in [0.25, 0.3) is 0 Å². The first-order valence-electron chi connectivity index (χ1n) is 2.70. The average Bonchev–Trinajstić information content (AvgIpc) is 1.88. The molecule has 5 heteroatoms. The first-order chi connectivity index (χ1) is 4.70. The molecule has 0 aliphatic rings. The summed E-state index contributed by atoms with van der Waals surface area (Å²) < 4.78 is 0. The number of halogens is 1. The Kier molecular flexibility index (Phi) is 4.01. The summed E-state index contributed by atoms with van der Waals surface area (Å²) in [6.45, 7) is 0. The van der Waals surface area contributed by atoms with Gasteiger partial charge in [0.15, 0.2) is 0 Å². The van der Waals surface area contributed by atoms with E-state index in [1.165, 1.54) is 12.1 Å². The Hall–Kier alpha value is -0.660. The molecule has 0 aromatic heterocycles. The minimum Gasteiger partial charge on any atom is -0.258 e. The fourth-order valence-corrected chi connectivity index (χ4v) is 0.788. The number of hydrogen-bond donors (Lipinski definition) is 0. The van der Waals surface area contributed by atoms with E-state index in [1.54, 1.807) is 12.1 Å². The van der Waals surface area contributed by atoms with Crippen molar-refractivity contribution in [2.75, 3.05) is 0 Å². The van der Waals surface area contributed by atoms with Crippen LogP contribution in [0.5, 0.6) is 0 Å². The molecule has 1 aromatic rings. The van der Waals surface area contributed by atoms with Crippen molar-refractivity contribution in [1.29, 1.82) is 0 Å². The van der Waals surface area contributed by atoms with Gasteiger partial charge in [-0.05, 0) is 17.4 Å². The van der Waals surface area contributed by atoms with Crippen molar-refractivity contribution in [3.63, 3.8) is 0 Å². The van der Waals surface area contributed by atoms with Gasteiger partial charge in [-0.2, -0.15) is 0 Å². The molecule has 1 unspecified atom stereocenters. The standard InChI is InChI=1S/C6H6NO2P.ClH/c8-7(9)5-1-3-6(10)4-2-5;/h1-4H,10H2;1H. The van der Waals surface area contributed by atoms with Gasteiger partial charge < -0.3 is 0 Å². The summed E-state index contributed by atoms with van der Waals surface area (Å²) in [6, 6.07) is 6.32. The van der Waals surface area contributed by atoms with Crippen molar-refractivity contribution >= 4 is 32.6 Å². The highest BCUT2D eigenvalue weighted by atomic mass is 35.5. The third-order valence-electron chi connectivity index (χ3n) is 1.10. The largest absolute Gasteiger partial charge is 0.269 e. The van der Waals surface area contributed by atoms with Crippen molar-refractivity contribution < 1.29 is 4.92 Å². The molecule has 3 nitrogen and oxygen atoms in total. The summed E-state index contributed by atoms with van der Waals surface area (Å²) in [5.41, 5.74) is 0.131. The Bertz CT molecular complexity index is 249. The summed E-state index contributed by atoms with van der Waals surface area (Å²) in [4.78, 5) is 9.70. The molecule has 0 bridgehead atoms. The first kappa shape index (κ1) is 10.3. The van der Waals surface area contributed by atoms with E-state index in [9.17, 15) is 10.1 Å². The monoisotopic (exact) mass is 191 g/mol. The zero-order chi connectivity index (χ0) is 7.56. The molecule has 11 heavy (non-hydrogen) atoms. The Morgan fingerprint density at radius 3 is 2.09 bits per heavy atom. The molecule has 0 radical (unpaired) electrons. The van der Waals surface area contributed by atoms with Crippen LogP contribution in [0.2, 0.25) is 0 Å². The van der Waals surface area contributed by atoms with Crippen LogP contribution in [-0.4, -0.2) is 4.92 Å². The van der Waals surface area contributed by atoms with Crippen molar-refractivity contribution in [3.05, 3.63) is 34.4 Å². The number of benzene rings is 1. The molecule has 1 rings (SSSR count). The van der Waals surface area contributed by atoms with Gasteiger partial charge >= 0.3 is 0 Å². The zero-order valence-corrected chi connectivity index (χ0v) is 7.53. The molecule has 0 amide bonds. The lowest BCUT2D eigenvalue weighted by atomic mass is 10.3. The summed E-state index contributed by atoms with van der Waals surface area (Å²) >= 11 is 0. The van der Waals surface area contributed by atoms with Crippen LogP contribution in [0.4, 0.5) is 5.69 Å². The second kappa shape index (κ2) is 4.27. The van der Waals surface area contributed by atoms with E-state index in [0.29, 0.717) is 0 Å². The second-order valence-corrected chi connectivity index (χ2v) is 2.52. The van der Waals surface area contributed by atoms with Gasteiger partial charge in [0.2, 0.25) is 0 Å². The highest BCUT2D eigenvalue weighted by Gasteiger charge is 2.00. The van der Waals surface area contributed by atoms with E-state index < -0.39 is 4.92 Å². The van der Waals surface area contributed by atoms with Crippen molar-refractivity contribution in [2.45, 2.75) is 0 Å². The van der Waals surface area contributed by atoms with E-state index in [2.05, 4.69) is 9.24 Å². The van der Waals surface area contributed by atoms with Crippen molar-refractivity contribution in [1.82, 2.24) is 0 Å². The van der Waals surface area contributed by atoms with Gasteiger partial charge in [-0.25, -0.2) is 0 Å². The van der Waals surface area contributed by atoms with E-state index in [0.717, 1.165) is 5.30 Å². The Labute approximate surface area is 72.6 Å². The lowest BCUT2D eigenvalue weighted by Gasteiger charge is -1.89. The second-order valence-electron chi connectivity index (χ2n) is 1.85. The molecule has 0 saturated carbocycles. The van der Waals surface area contributed by atoms with Crippen LogP contribution in [0.15, 0.2) is 24.3 Å². The van der Waals surface area contributed by atoms with E-state index in [1.807, 2.05) is 0 Å². The maximum Gasteiger partial charge on any atom is 0.269 e. The summed E-state index contributed by atoms with van der Waals surface area (Å²) in [5.74, 6) is 0. The number of nitro benzene ring substituents is 1. The Balaban J connectivity index is 0.000001000. The Morgan fingerprint density at radius 1 is 1.27 bits per heavy atom. The Morgan fingerprint density at radius 2 is 1.73 bits per heavy atom. The first-order valence-corrected chi connectivity index (χ1v) is 3.28. The molecule has 1 aromatic carbocycles. The minimum absolute atomic E-state index is 0. The van der Waals surface area contributed by atoms with Gasteiger partial charge in [0.05, 0.1) is 4.92 Å². The maximum atomic E-state index is 10.1. The number of nitrogens with zero attached hydrogens (tertiary/aromatic N) is 1. The van der Waals surface area contributed by atoms with Crippen LogP contribution >= 0.6 is 21.6 Å². The van der Waals surface area contributed by atoms with E-state index in [-0.39, 0.29) is 18.1 Å². The number of hydrogen-bond acceptors (Lipinski definition) is 2. The minimum atomic E-state index is -0.413. The molecule has 1 atom stereocenters. The third kappa shape index (κ3) is 2.83. The zero-order valence-electron chi connectivity index (χ0n) is 5.56. The van der Waals surface area contributed by atoms with Gasteiger partial charge in [0.1, 0.15) is 0 Å². The molecule has 0 aliphatic carbocycles. The molecule has 60 valence electrons. The quantitative estimate of drug-likeness (QED) is 0.384. The van der Waals surface area contributed by atoms with Crippen LogP contribution in [0.3, 0.4) is 0 Å². The predicted molar refractivity (Wildman–Crippen MR) is 49.7 cm³/mol. The van der Waals surface area contributed by atoms with E-state index in [4.69, 9.17) is 0 Å². The van der Waals surface area contributed by atoms with Crippen LogP contribution in [0.1, 0.15) is 0 Å². The molecular weight excluding hydrogens is 184 g/mol. The topological polar surface area (TPSA) is 43.1 Å². The number of nitro groups is 1. The van der Waals surface area contributed by atoms with Crippen molar-refractivity contribution in [2.24, 2.45) is 0 Å². The number of non-ortho nitro benzene ring substituents is 1. The van der Waals surface area contributed by atoms with Gasteiger partial charge in [-0.15, -0.1) is 21.6 Å². The molecule has 0 spiro atoms. The SMILES string of the molecule is Cl.O=[N+]([O-])c1ccc(P)cc1. The normalized spacial score (nSPS) is 8.45.